The van der Waals surface area contributed by atoms with E-state index in [1.807, 2.05) is 6.07 Å². The molecular weight excluding hydrogens is 358 g/mol. The van der Waals surface area contributed by atoms with Crippen molar-refractivity contribution in [2.75, 3.05) is 0 Å². The Morgan fingerprint density at radius 1 is 1.12 bits per heavy atom. The number of benzene rings is 2. The second kappa shape index (κ2) is 7.66. The summed E-state index contributed by atoms with van der Waals surface area (Å²) in [7, 11) is 0. The number of fused-ring (bicyclic) bond motifs is 1. The first-order valence-corrected chi connectivity index (χ1v) is 8.52. The van der Waals surface area contributed by atoms with E-state index in [1.165, 1.54) is 0 Å². The van der Waals surface area contributed by atoms with Gasteiger partial charge in [0, 0.05) is 5.02 Å². The molecule has 3 rings (SSSR count). The minimum absolute atomic E-state index is 0.258. The van der Waals surface area contributed by atoms with E-state index in [2.05, 4.69) is 5.32 Å². The summed E-state index contributed by atoms with van der Waals surface area (Å²) in [4.78, 5) is 23.9. The number of rotatable bonds is 5. The van der Waals surface area contributed by atoms with E-state index in [1.54, 1.807) is 49.4 Å². The molecule has 7 heteroatoms. The van der Waals surface area contributed by atoms with Crippen LogP contribution in [0.3, 0.4) is 0 Å². The SMILES string of the molecule is CC1Oc2ccccc2OC1C(=O)N[C@@H](CC(=O)O)c1ccc(Cl)cc1. The molecule has 2 N–H and O–H groups in total. The van der Waals surface area contributed by atoms with Crippen molar-refractivity contribution in [3.63, 3.8) is 0 Å². The van der Waals surface area contributed by atoms with Crippen molar-refractivity contribution >= 4 is 23.5 Å². The van der Waals surface area contributed by atoms with Crippen molar-refractivity contribution in [2.45, 2.75) is 31.6 Å². The van der Waals surface area contributed by atoms with E-state index in [9.17, 15) is 14.7 Å². The van der Waals surface area contributed by atoms with Crippen molar-refractivity contribution in [3.8, 4) is 11.5 Å². The maximum absolute atomic E-state index is 12.7. The highest BCUT2D eigenvalue weighted by Gasteiger charge is 2.35. The maximum Gasteiger partial charge on any atom is 0.305 e. The van der Waals surface area contributed by atoms with E-state index < -0.39 is 30.1 Å². The van der Waals surface area contributed by atoms with Crippen molar-refractivity contribution in [1.82, 2.24) is 5.32 Å². The van der Waals surface area contributed by atoms with Crippen molar-refractivity contribution in [2.24, 2.45) is 0 Å². The monoisotopic (exact) mass is 375 g/mol. The fraction of sp³-hybridized carbons (Fsp3) is 0.263. The van der Waals surface area contributed by atoms with E-state index in [-0.39, 0.29) is 6.42 Å². The summed E-state index contributed by atoms with van der Waals surface area (Å²) in [6, 6.07) is 13.1. The number of hydrogen-bond acceptors (Lipinski definition) is 4. The van der Waals surface area contributed by atoms with E-state index >= 15 is 0 Å². The average Bonchev–Trinajstić information content (AvgIpc) is 2.60. The molecule has 0 fully saturated rings. The van der Waals surface area contributed by atoms with Crippen molar-refractivity contribution in [3.05, 3.63) is 59.1 Å². The van der Waals surface area contributed by atoms with Gasteiger partial charge in [0.15, 0.2) is 11.5 Å². The van der Waals surface area contributed by atoms with Crippen LogP contribution in [-0.2, 0) is 9.59 Å². The summed E-state index contributed by atoms with van der Waals surface area (Å²) >= 11 is 5.88. The molecule has 1 aliphatic rings. The quantitative estimate of drug-likeness (QED) is 0.838. The molecule has 1 heterocycles. The zero-order chi connectivity index (χ0) is 18.7. The first-order valence-electron chi connectivity index (χ1n) is 8.14. The number of carbonyl (C=O) groups is 2. The normalized spacial score (nSPS) is 19.5. The fourth-order valence-corrected chi connectivity index (χ4v) is 2.91. The van der Waals surface area contributed by atoms with Crippen LogP contribution < -0.4 is 14.8 Å². The van der Waals surface area contributed by atoms with Gasteiger partial charge in [-0.2, -0.15) is 0 Å². The van der Waals surface area contributed by atoms with Crippen LogP contribution in [0.4, 0.5) is 0 Å². The molecule has 2 unspecified atom stereocenters. The van der Waals surface area contributed by atoms with Gasteiger partial charge in [0.25, 0.3) is 5.91 Å². The number of aliphatic carboxylic acids is 1. The molecule has 0 saturated carbocycles. The lowest BCUT2D eigenvalue weighted by Gasteiger charge is -2.32. The van der Waals surface area contributed by atoms with E-state index in [0.29, 0.717) is 22.1 Å². The number of ether oxygens (including phenoxy) is 2. The molecule has 2 aromatic carbocycles. The van der Waals surface area contributed by atoms with Crippen LogP contribution in [0.1, 0.15) is 24.9 Å². The molecule has 6 nitrogen and oxygen atoms in total. The number of carbonyl (C=O) groups excluding carboxylic acids is 1. The third-order valence-electron chi connectivity index (χ3n) is 4.07. The number of hydrogen-bond donors (Lipinski definition) is 2. The van der Waals surface area contributed by atoms with Crippen LogP contribution in [0.25, 0.3) is 0 Å². The van der Waals surface area contributed by atoms with Crippen LogP contribution in [0.2, 0.25) is 5.02 Å². The Morgan fingerprint density at radius 2 is 1.73 bits per heavy atom. The van der Waals surface area contributed by atoms with Gasteiger partial charge in [0.2, 0.25) is 6.10 Å². The zero-order valence-electron chi connectivity index (χ0n) is 14.0. The highest BCUT2D eigenvalue weighted by Crippen LogP contribution is 2.33. The summed E-state index contributed by atoms with van der Waals surface area (Å²) < 4.78 is 11.5. The first-order chi connectivity index (χ1) is 12.4. The third-order valence-corrected chi connectivity index (χ3v) is 4.32. The highest BCUT2D eigenvalue weighted by atomic mass is 35.5. The second-order valence-corrected chi connectivity index (χ2v) is 6.46. The zero-order valence-corrected chi connectivity index (χ0v) is 14.8. The maximum atomic E-state index is 12.7. The molecule has 0 bridgehead atoms. The smallest absolute Gasteiger partial charge is 0.305 e. The Balaban J connectivity index is 1.77. The minimum Gasteiger partial charge on any atom is -0.482 e. The standard InChI is InChI=1S/C19H18ClNO5/c1-11-18(26-16-5-3-2-4-15(16)25-11)19(24)21-14(10-17(22)23)12-6-8-13(20)9-7-12/h2-9,11,14,18H,10H2,1H3,(H,21,24)(H,22,23)/t11?,14-,18?/m0/s1. The second-order valence-electron chi connectivity index (χ2n) is 6.02. The third kappa shape index (κ3) is 4.08. The lowest BCUT2D eigenvalue weighted by atomic mass is 10.0. The molecule has 0 spiro atoms. The molecule has 0 radical (unpaired) electrons. The summed E-state index contributed by atoms with van der Waals surface area (Å²) in [6.07, 6.45) is -1.65. The van der Waals surface area contributed by atoms with Gasteiger partial charge in [-0.05, 0) is 36.8 Å². The van der Waals surface area contributed by atoms with Gasteiger partial charge < -0.3 is 19.9 Å². The molecule has 3 atom stereocenters. The molecule has 1 aliphatic heterocycles. The van der Waals surface area contributed by atoms with Crippen LogP contribution in [0, 0.1) is 0 Å². The number of carboxylic acids is 1. The average molecular weight is 376 g/mol. The van der Waals surface area contributed by atoms with Crippen LogP contribution in [-0.4, -0.2) is 29.2 Å². The number of carboxylic acid groups (broad SMARTS) is 1. The molecule has 0 saturated heterocycles. The summed E-state index contributed by atoms with van der Waals surface area (Å²) in [5.74, 6) is -0.409. The van der Waals surface area contributed by atoms with Gasteiger partial charge in [-0.25, -0.2) is 0 Å². The molecule has 136 valence electrons. The number of nitrogens with one attached hydrogen (secondary N) is 1. The Bertz CT molecular complexity index is 808. The largest absolute Gasteiger partial charge is 0.482 e. The Morgan fingerprint density at radius 3 is 2.35 bits per heavy atom. The Labute approximate surface area is 155 Å². The fourth-order valence-electron chi connectivity index (χ4n) is 2.78. The van der Waals surface area contributed by atoms with Gasteiger partial charge in [-0.15, -0.1) is 0 Å². The van der Waals surface area contributed by atoms with Crippen LogP contribution in [0.15, 0.2) is 48.5 Å². The summed E-state index contributed by atoms with van der Waals surface area (Å²) in [6.45, 7) is 1.73. The molecule has 2 aromatic rings. The Kier molecular flexibility index (Phi) is 5.32. The molecular formula is C19H18ClNO5. The number of para-hydroxylation sites is 2. The van der Waals surface area contributed by atoms with Gasteiger partial charge in [-0.3, -0.25) is 9.59 Å². The minimum atomic E-state index is -1.02. The lowest BCUT2D eigenvalue weighted by Crippen LogP contribution is -2.50. The van der Waals surface area contributed by atoms with Crippen molar-refractivity contribution in [1.29, 1.82) is 0 Å². The predicted octanol–water partition coefficient (Wildman–Crippen LogP) is 3.20. The number of amides is 1. The predicted molar refractivity (Wildman–Crippen MR) is 95.5 cm³/mol. The van der Waals surface area contributed by atoms with Crippen molar-refractivity contribution < 1.29 is 24.2 Å². The van der Waals surface area contributed by atoms with E-state index in [4.69, 9.17) is 21.1 Å². The molecule has 0 aromatic heterocycles. The van der Waals surface area contributed by atoms with Gasteiger partial charge in [0.1, 0.15) is 6.10 Å². The van der Waals surface area contributed by atoms with E-state index in [0.717, 1.165) is 0 Å². The Hall–Kier alpha value is -2.73. The number of halogens is 1. The van der Waals surface area contributed by atoms with Gasteiger partial charge >= 0.3 is 5.97 Å². The summed E-state index contributed by atoms with van der Waals surface area (Å²) in [5.41, 5.74) is 0.648. The summed E-state index contributed by atoms with van der Waals surface area (Å²) in [5, 5.41) is 12.5. The van der Waals surface area contributed by atoms with Crippen LogP contribution in [0.5, 0.6) is 11.5 Å². The lowest BCUT2D eigenvalue weighted by molar-refractivity contribution is -0.138. The molecule has 1 amide bonds. The topological polar surface area (TPSA) is 84.9 Å². The van der Waals surface area contributed by atoms with Gasteiger partial charge in [0.05, 0.1) is 12.5 Å². The highest BCUT2D eigenvalue weighted by molar-refractivity contribution is 6.30. The first kappa shape index (κ1) is 18.1. The van der Waals surface area contributed by atoms with Gasteiger partial charge in [-0.1, -0.05) is 35.9 Å². The van der Waals surface area contributed by atoms with Crippen LogP contribution >= 0.6 is 11.6 Å². The molecule has 0 aliphatic carbocycles. The molecule has 26 heavy (non-hydrogen) atoms.